The zero-order valence-corrected chi connectivity index (χ0v) is 15.3. The molecule has 2 aromatic carbocycles. The maximum absolute atomic E-state index is 12.8. The molecule has 28 heavy (non-hydrogen) atoms. The fourth-order valence-electron chi connectivity index (χ4n) is 2.40. The fourth-order valence-corrected chi connectivity index (χ4v) is 3.11. The molecule has 2 N–H and O–H groups in total. The molecule has 0 spiro atoms. The normalized spacial score (nSPS) is 11.1. The summed E-state index contributed by atoms with van der Waals surface area (Å²) in [4.78, 5) is 27.5. The molecule has 5 nitrogen and oxygen atoms in total. The Labute approximate surface area is 162 Å². The summed E-state index contributed by atoms with van der Waals surface area (Å²) in [7, 11) is 0. The molecule has 0 saturated carbocycles. The first-order valence-corrected chi connectivity index (χ1v) is 8.92. The molecule has 9 heteroatoms. The van der Waals surface area contributed by atoms with Crippen LogP contribution in [0.15, 0.2) is 53.9 Å². The Balaban J connectivity index is 1.72. The molecule has 2 amide bonds. The van der Waals surface area contributed by atoms with E-state index >= 15 is 0 Å². The van der Waals surface area contributed by atoms with Gasteiger partial charge in [0.25, 0.3) is 5.91 Å². The Kier molecular flexibility index (Phi) is 5.46. The largest absolute Gasteiger partial charge is 0.416 e. The summed E-state index contributed by atoms with van der Waals surface area (Å²) in [6.07, 6.45) is -4.44. The van der Waals surface area contributed by atoms with Crippen molar-refractivity contribution in [1.29, 1.82) is 0 Å². The van der Waals surface area contributed by atoms with Crippen LogP contribution < -0.4 is 10.6 Å². The SMILES string of the molecule is CC(=O)Nc1ccc(C(=O)Nc2nc(-c3cccc(C(F)(F)F)c3)cs2)cc1. The highest BCUT2D eigenvalue weighted by molar-refractivity contribution is 7.14. The number of amides is 2. The Morgan fingerprint density at radius 3 is 2.39 bits per heavy atom. The van der Waals surface area contributed by atoms with Gasteiger partial charge in [-0.05, 0) is 36.4 Å². The van der Waals surface area contributed by atoms with Crippen molar-refractivity contribution >= 4 is 34.0 Å². The molecule has 0 fully saturated rings. The Hall–Kier alpha value is -3.20. The summed E-state index contributed by atoms with van der Waals surface area (Å²) < 4.78 is 38.5. The third kappa shape index (κ3) is 4.74. The van der Waals surface area contributed by atoms with Crippen LogP contribution in [-0.2, 0) is 11.0 Å². The van der Waals surface area contributed by atoms with Crippen molar-refractivity contribution in [3.05, 3.63) is 65.0 Å². The number of nitrogens with one attached hydrogen (secondary N) is 2. The van der Waals surface area contributed by atoms with Crippen molar-refractivity contribution in [2.24, 2.45) is 0 Å². The first kappa shape index (κ1) is 19.6. The second kappa shape index (κ2) is 7.81. The molecule has 0 bridgehead atoms. The summed E-state index contributed by atoms with van der Waals surface area (Å²) in [6, 6.07) is 11.1. The summed E-state index contributed by atoms with van der Waals surface area (Å²) in [5, 5.41) is 7.05. The summed E-state index contributed by atoms with van der Waals surface area (Å²) in [6.45, 7) is 1.38. The monoisotopic (exact) mass is 405 g/mol. The molecule has 0 saturated heterocycles. The third-order valence-electron chi connectivity index (χ3n) is 3.68. The van der Waals surface area contributed by atoms with Gasteiger partial charge in [-0.2, -0.15) is 13.2 Å². The van der Waals surface area contributed by atoms with Gasteiger partial charge in [0.15, 0.2) is 5.13 Å². The smallest absolute Gasteiger partial charge is 0.326 e. The quantitative estimate of drug-likeness (QED) is 0.639. The van der Waals surface area contributed by atoms with Gasteiger partial charge < -0.3 is 5.32 Å². The van der Waals surface area contributed by atoms with E-state index in [2.05, 4.69) is 15.6 Å². The first-order valence-electron chi connectivity index (χ1n) is 8.04. The number of thiazole rings is 1. The molecule has 3 aromatic rings. The van der Waals surface area contributed by atoms with E-state index in [1.165, 1.54) is 19.1 Å². The van der Waals surface area contributed by atoms with Crippen molar-refractivity contribution in [3.63, 3.8) is 0 Å². The minimum atomic E-state index is -4.44. The maximum atomic E-state index is 12.8. The Morgan fingerprint density at radius 1 is 1.04 bits per heavy atom. The summed E-state index contributed by atoms with van der Waals surface area (Å²) in [5.74, 6) is -0.638. The van der Waals surface area contributed by atoms with Gasteiger partial charge >= 0.3 is 6.18 Å². The lowest BCUT2D eigenvalue weighted by Gasteiger charge is -2.07. The number of hydrogen-bond donors (Lipinski definition) is 2. The van der Waals surface area contributed by atoms with E-state index in [1.807, 2.05) is 0 Å². The number of carbonyl (C=O) groups is 2. The number of hydrogen-bond acceptors (Lipinski definition) is 4. The number of nitrogens with zero attached hydrogens (tertiary/aromatic N) is 1. The molecular formula is C19H14F3N3O2S. The molecule has 0 aliphatic heterocycles. The predicted molar refractivity (Wildman–Crippen MR) is 101 cm³/mol. The number of benzene rings is 2. The average molecular weight is 405 g/mol. The van der Waals surface area contributed by atoms with Gasteiger partial charge in [-0.1, -0.05) is 12.1 Å². The molecule has 0 atom stereocenters. The highest BCUT2D eigenvalue weighted by Gasteiger charge is 2.30. The number of carbonyl (C=O) groups excluding carboxylic acids is 2. The van der Waals surface area contributed by atoms with Crippen molar-refractivity contribution in [3.8, 4) is 11.3 Å². The Morgan fingerprint density at radius 2 is 1.75 bits per heavy atom. The van der Waals surface area contributed by atoms with Crippen molar-refractivity contribution in [2.45, 2.75) is 13.1 Å². The van der Waals surface area contributed by atoms with Crippen molar-refractivity contribution in [2.75, 3.05) is 10.6 Å². The molecule has 0 unspecified atom stereocenters. The third-order valence-corrected chi connectivity index (χ3v) is 4.44. The number of aromatic nitrogens is 1. The van der Waals surface area contributed by atoms with Crippen LogP contribution in [-0.4, -0.2) is 16.8 Å². The van der Waals surface area contributed by atoms with E-state index in [9.17, 15) is 22.8 Å². The minimum absolute atomic E-state index is 0.220. The second-order valence-corrected chi connectivity index (χ2v) is 6.69. The van der Waals surface area contributed by atoms with Gasteiger partial charge in [0, 0.05) is 29.1 Å². The number of halogens is 3. The highest BCUT2D eigenvalue weighted by Crippen LogP contribution is 2.33. The van der Waals surface area contributed by atoms with Gasteiger partial charge in [0.2, 0.25) is 5.91 Å². The summed E-state index contributed by atoms with van der Waals surface area (Å²) in [5.41, 5.74) is 0.802. The van der Waals surface area contributed by atoms with E-state index < -0.39 is 17.6 Å². The maximum Gasteiger partial charge on any atom is 0.416 e. The number of alkyl halides is 3. The molecule has 0 radical (unpaired) electrons. The van der Waals surface area contributed by atoms with Crippen LogP contribution in [0.1, 0.15) is 22.8 Å². The van der Waals surface area contributed by atoms with Gasteiger partial charge in [0.05, 0.1) is 11.3 Å². The van der Waals surface area contributed by atoms with E-state index in [4.69, 9.17) is 0 Å². The average Bonchev–Trinajstić information content (AvgIpc) is 3.10. The van der Waals surface area contributed by atoms with E-state index in [0.29, 0.717) is 22.5 Å². The highest BCUT2D eigenvalue weighted by atomic mass is 32.1. The van der Waals surface area contributed by atoms with Gasteiger partial charge in [-0.25, -0.2) is 4.98 Å². The number of anilines is 2. The lowest BCUT2D eigenvalue weighted by molar-refractivity contribution is -0.137. The molecule has 1 heterocycles. The lowest BCUT2D eigenvalue weighted by Crippen LogP contribution is -2.12. The van der Waals surface area contributed by atoms with E-state index in [-0.39, 0.29) is 11.0 Å². The van der Waals surface area contributed by atoms with Gasteiger partial charge in [-0.3, -0.25) is 14.9 Å². The summed E-state index contributed by atoms with van der Waals surface area (Å²) >= 11 is 1.11. The van der Waals surface area contributed by atoms with Crippen molar-refractivity contribution < 1.29 is 22.8 Å². The van der Waals surface area contributed by atoms with Crippen LogP contribution >= 0.6 is 11.3 Å². The molecule has 0 aliphatic carbocycles. The molecule has 1 aromatic heterocycles. The topological polar surface area (TPSA) is 71.1 Å². The predicted octanol–water partition coefficient (Wildman–Crippen LogP) is 5.04. The van der Waals surface area contributed by atoms with E-state index in [1.54, 1.807) is 29.6 Å². The standard InChI is InChI=1S/C19H14F3N3O2S/c1-11(26)23-15-7-5-12(6-8-15)17(27)25-18-24-16(10-28-18)13-3-2-4-14(9-13)19(20,21)22/h2-10H,1H3,(H,23,26)(H,24,25,27). The zero-order chi connectivity index (χ0) is 20.3. The zero-order valence-electron chi connectivity index (χ0n) is 14.5. The van der Waals surface area contributed by atoms with Crippen LogP contribution in [0.4, 0.5) is 24.0 Å². The minimum Gasteiger partial charge on any atom is -0.326 e. The molecule has 3 rings (SSSR count). The Bertz CT molecular complexity index is 1010. The number of rotatable bonds is 4. The first-order chi connectivity index (χ1) is 13.2. The van der Waals surface area contributed by atoms with Crippen LogP contribution in [0.2, 0.25) is 0 Å². The van der Waals surface area contributed by atoms with E-state index in [0.717, 1.165) is 23.5 Å². The van der Waals surface area contributed by atoms with Crippen LogP contribution in [0.25, 0.3) is 11.3 Å². The van der Waals surface area contributed by atoms with Crippen molar-refractivity contribution in [1.82, 2.24) is 4.98 Å². The molecular weight excluding hydrogens is 391 g/mol. The van der Waals surface area contributed by atoms with Crippen LogP contribution in [0.5, 0.6) is 0 Å². The van der Waals surface area contributed by atoms with Gasteiger partial charge in [0.1, 0.15) is 0 Å². The van der Waals surface area contributed by atoms with Crippen LogP contribution in [0, 0.1) is 0 Å². The molecule has 0 aliphatic rings. The lowest BCUT2D eigenvalue weighted by atomic mass is 10.1. The second-order valence-electron chi connectivity index (χ2n) is 5.83. The molecule has 144 valence electrons. The van der Waals surface area contributed by atoms with Gasteiger partial charge in [-0.15, -0.1) is 11.3 Å². The van der Waals surface area contributed by atoms with Crippen LogP contribution in [0.3, 0.4) is 0 Å². The fraction of sp³-hybridized carbons (Fsp3) is 0.105.